The summed E-state index contributed by atoms with van der Waals surface area (Å²) in [6.45, 7) is 2.41. The number of aliphatic hydroxyl groups is 1. The van der Waals surface area contributed by atoms with Gasteiger partial charge in [0, 0.05) is 24.7 Å². The van der Waals surface area contributed by atoms with E-state index in [4.69, 9.17) is 14.9 Å². The van der Waals surface area contributed by atoms with Gasteiger partial charge in [0.05, 0.1) is 18.9 Å². The van der Waals surface area contributed by atoms with Crippen molar-refractivity contribution < 1.29 is 52.7 Å². The summed E-state index contributed by atoms with van der Waals surface area (Å²) in [6.07, 6.45) is -2.64. The Morgan fingerprint density at radius 1 is 1.10 bits per heavy atom. The zero-order valence-electron chi connectivity index (χ0n) is 21.2. The van der Waals surface area contributed by atoms with E-state index in [1.165, 1.54) is 11.6 Å². The van der Waals surface area contributed by atoms with Gasteiger partial charge in [0.2, 0.25) is 6.41 Å². The number of carbonyl (C=O) groups excluding carboxylic acids is 1. The Bertz CT molecular complexity index is 1090. The number of anilines is 1. The first-order valence-electron chi connectivity index (χ1n) is 11.2. The highest BCUT2D eigenvalue weighted by atomic mass is 79.9. The van der Waals surface area contributed by atoms with Crippen LogP contribution in [0.5, 0.6) is 11.5 Å². The minimum Gasteiger partial charge on any atom is -0.506 e. The third kappa shape index (κ3) is 16.6. The summed E-state index contributed by atoms with van der Waals surface area (Å²) in [5.74, 6) is -1.73. The second-order valence-corrected chi connectivity index (χ2v) is 9.65. The standard InChI is InChI=1S/C19H24N2O4.C4H4O4.C2HBrClF3/c1-13(9-14-3-6-16(25-2)7-4-14)20-11-19(24)15-5-8-18(23)17(10-15)21-12-22;5-3(6)1-2-4(7)8;3-1(4)2(5,6)7/h3-8,10,12-13,19-20,23-24H,9,11H2,1-2H3,(H,21,22);1-2H,(H,5,6)(H,7,8);1H/b;2-1+;/t13-,19+;;/m1../s1. The third-order valence-corrected chi connectivity index (χ3v) is 5.36. The number of carbonyl (C=O) groups is 3. The molecule has 0 aliphatic rings. The van der Waals surface area contributed by atoms with Crippen molar-refractivity contribution in [3.8, 4) is 11.5 Å². The van der Waals surface area contributed by atoms with Crippen LogP contribution in [0.25, 0.3) is 0 Å². The molecule has 3 atom stereocenters. The van der Waals surface area contributed by atoms with Gasteiger partial charge in [-0.15, -0.1) is 11.6 Å². The van der Waals surface area contributed by atoms with E-state index in [9.17, 15) is 37.8 Å². The lowest BCUT2D eigenvalue weighted by molar-refractivity contribution is -0.134. The molecule has 1 unspecified atom stereocenters. The van der Waals surface area contributed by atoms with Gasteiger partial charge in [-0.1, -0.05) is 34.1 Å². The molecule has 0 saturated heterocycles. The fourth-order valence-electron chi connectivity index (χ4n) is 2.70. The van der Waals surface area contributed by atoms with Gasteiger partial charge in [-0.2, -0.15) is 13.2 Å². The zero-order chi connectivity index (χ0) is 30.9. The van der Waals surface area contributed by atoms with Gasteiger partial charge in [0.25, 0.3) is 0 Å². The van der Waals surface area contributed by atoms with Gasteiger partial charge in [-0.25, -0.2) is 9.59 Å². The van der Waals surface area contributed by atoms with Crippen LogP contribution in [0.3, 0.4) is 0 Å². The number of halogens is 5. The van der Waals surface area contributed by atoms with Crippen molar-refractivity contribution in [2.45, 2.75) is 36.0 Å². The SMILES string of the molecule is COc1ccc(C[C@@H](C)NC[C@H](O)c2ccc(O)c(NC=O)c2)cc1.FC(F)(F)C(Cl)Br.O=C(O)/C=C/C(=O)O. The number of ether oxygens (including phenoxy) is 1. The molecule has 2 rings (SSSR count). The predicted molar refractivity (Wildman–Crippen MR) is 146 cm³/mol. The molecule has 0 bridgehead atoms. The number of benzene rings is 2. The number of phenolic OH excluding ortho intramolecular Hbond substituents is 1. The molecule has 6 N–H and O–H groups in total. The molecule has 2 aromatic carbocycles. The Kier molecular flexibility index (Phi) is 17.3. The second-order valence-electron chi connectivity index (χ2n) is 7.77. The summed E-state index contributed by atoms with van der Waals surface area (Å²) in [5, 5.41) is 41.3. The summed E-state index contributed by atoms with van der Waals surface area (Å²) in [5.41, 5.74) is 2.07. The predicted octanol–water partition coefficient (Wildman–Crippen LogP) is 4.44. The van der Waals surface area contributed by atoms with Crippen LogP contribution in [0.1, 0.15) is 24.2 Å². The van der Waals surface area contributed by atoms with Crippen molar-refractivity contribution in [1.82, 2.24) is 5.32 Å². The van der Waals surface area contributed by atoms with E-state index in [1.54, 1.807) is 19.2 Å². The monoisotopic (exact) mass is 656 g/mol. The van der Waals surface area contributed by atoms with Crippen molar-refractivity contribution in [2.24, 2.45) is 0 Å². The fraction of sp³-hybridized carbons (Fsp3) is 0.320. The highest BCUT2D eigenvalue weighted by molar-refractivity contribution is 9.10. The van der Waals surface area contributed by atoms with Crippen LogP contribution in [-0.2, 0) is 20.8 Å². The normalized spacial score (nSPS) is 13.0. The van der Waals surface area contributed by atoms with Crippen molar-refractivity contribution in [3.05, 3.63) is 65.7 Å². The van der Waals surface area contributed by atoms with Gasteiger partial charge in [0.15, 0.2) is 4.29 Å². The third-order valence-electron chi connectivity index (χ3n) is 4.60. The average Bonchev–Trinajstić information content (AvgIpc) is 2.88. The van der Waals surface area contributed by atoms with Gasteiger partial charge in [0.1, 0.15) is 11.5 Å². The van der Waals surface area contributed by atoms with E-state index in [2.05, 4.69) is 38.2 Å². The molecule has 0 heterocycles. The number of aliphatic hydroxyl groups excluding tert-OH is 1. The summed E-state index contributed by atoms with van der Waals surface area (Å²) >= 11 is 6.68. The lowest BCUT2D eigenvalue weighted by Crippen LogP contribution is -2.32. The number of nitrogens with one attached hydrogen (secondary N) is 2. The van der Waals surface area contributed by atoms with Crippen LogP contribution < -0.4 is 15.4 Å². The number of carboxylic acids is 2. The second kappa shape index (κ2) is 18.9. The number of phenols is 1. The number of hydrogen-bond donors (Lipinski definition) is 6. The largest absolute Gasteiger partial charge is 0.506 e. The maximum atomic E-state index is 11.0. The van der Waals surface area contributed by atoms with Crippen LogP contribution in [0, 0.1) is 0 Å². The smallest absolute Gasteiger partial charge is 0.414 e. The average molecular weight is 658 g/mol. The fourth-order valence-corrected chi connectivity index (χ4v) is 2.70. The molecule has 0 aliphatic carbocycles. The van der Waals surface area contributed by atoms with E-state index in [0.29, 0.717) is 30.7 Å². The molecule has 0 aliphatic heterocycles. The van der Waals surface area contributed by atoms with Crippen LogP contribution >= 0.6 is 27.5 Å². The molecule has 0 spiro atoms. The number of carboxylic acid groups (broad SMARTS) is 2. The number of hydrogen-bond acceptors (Lipinski definition) is 7. The first-order chi connectivity index (χ1) is 18.6. The maximum absolute atomic E-state index is 11.0. The Labute approximate surface area is 241 Å². The number of alkyl halides is 5. The molecule has 10 nitrogen and oxygen atoms in total. The van der Waals surface area contributed by atoms with Gasteiger partial charge in [-0.3, -0.25) is 4.79 Å². The minimum absolute atomic E-state index is 0.0381. The highest BCUT2D eigenvalue weighted by Crippen LogP contribution is 2.28. The number of amides is 1. The number of aliphatic carboxylic acids is 2. The summed E-state index contributed by atoms with van der Waals surface area (Å²) < 4.78 is 36.2. The number of methoxy groups -OCH3 is 1. The van der Waals surface area contributed by atoms with Gasteiger partial charge in [-0.05, 0) is 48.7 Å². The molecule has 15 heteroatoms. The Morgan fingerprint density at radius 3 is 2.05 bits per heavy atom. The Hall–Kier alpha value is -3.33. The van der Waals surface area contributed by atoms with Crippen molar-refractivity contribution in [1.29, 1.82) is 0 Å². The van der Waals surface area contributed by atoms with E-state index in [1.807, 2.05) is 31.2 Å². The van der Waals surface area contributed by atoms with Crippen molar-refractivity contribution >= 4 is 51.6 Å². The molecular formula is C25H29BrClF3N2O8. The van der Waals surface area contributed by atoms with Crippen LogP contribution in [-0.4, -0.2) is 68.9 Å². The molecule has 0 fully saturated rings. The summed E-state index contributed by atoms with van der Waals surface area (Å²) in [6, 6.07) is 12.7. The highest BCUT2D eigenvalue weighted by Gasteiger charge is 2.35. The van der Waals surface area contributed by atoms with Crippen LogP contribution in [0.2, 0.25) is 0 Å². The van der Waals surface area contributed by atoms with Crippen molar-refractivity contribution in [3.63, 3.8) is 0 Å². The molecule has 2 aromatic rings. The van der Waals surface area contributed by atoms with Gasteiger partial charge >= 0.3 is 18.1 Å². The van der Waals surface area contributed by atoms with Crippen LogP contribution in [0.4, 0.5) is 18.9 Å². The zero-order valence-corrected chi connectivity index (χ0v) is 23.6. The van der Waals surface area contributed by atoms with E-state index in [0.717, 1.165) is 12.2 Å². The van der Waals surface area contributed by atoms with E-state index in [-0.39, 0.29) is 17.5 Å². The molecule has 40 heavy (non-hydrogen) atoms. The number of aromatic hydroxyl groups is 1. The molecule has 0 aromatic heterocycles. The Morgan fingerprint density at radius 2 is 1.62 bits per heavy atom. The van der Waals surface area contributed by atoms with E-state index >= 15 is 0 Å². The number of rotatable bonds is 11. The van der Waals surface area contributed by atoms with E-state index < -0.39 is 28.5 Å². The molecule has 222 valence electrons. The first kappa shape index (κ1) is 36.7. The maximum Gasteiger partial charge on any atom is 0.414 e. The first-order valence-corrected chi connectivity index (χ1v) is 12.5. The quantitative estimate of drug-likeness (QED) is 0.0887. The van der Waals surface area contributed by atoms with Gasteiger partial charge < -0.3 is 35.8 Å². The summed E-state index contributed by atoms with van der Waals surface area (Å²) in [7, 11) is 1.64. The topological polar surface area (TPSA) is 165 Å². The minimum atomic E-state index is -4.32. The van der Waals surface area contributed by atoms with Crippen LogP contribution in [0.15, 0.2) is 54.6 Å². The lowest BCUT2D eigenvalue weighted by atomic mass is 10.1. The Balaban J connectivity index is 0.000000832. The molecular weight excluding hydrogens is 629 g/mol. The molecule has 0 saturated carbocycles. The summed E-state index contributed by atoms with van der Waals surface area (Å²) in [4.78, 5) is 29.6. The van der Waals surface area contributed by atoms with Crippen molar-refractivity contribution in [2.75, 3.05) is 19.0 Å². The molecule has 1 amide bonds. The molecule has 0 radical (unpaired) electrons. The lowest BCUT2D eigenvalue weighted by Gasteiger charge is -2.18.